The Hall–Kier alpha value is -2.47. The molecule has 0 aliphatic carbocycles. The predicted molar refractivity (Wildman–Crippen MR) is 124 cm³/mol. The van der Waals surface area contributed by atoms with Gasteiger partial charge in [0, 0.05) is 17.2 Å². The molecule has 1 aliphatic rings. The molecule has 0 saturated carbocycles. The lowest BCUT2D eigenvalue weighted by Crippen LogP contribution is -2.37. The Bertz CT molecular complexity index is 1250. The zero-order chi connectivity index (χ0) is 20.7. The maximum atomic E-state index is 13.6. The number of fused-ring (bicyclic) bond motifs is 2. The normalized spacial score (nSPS) is 16.4. The summed E-state index contributed by atoms with van der Waals surface area (Å²) in [6.07, 6.45) is 2.01. The first-order valence-electron chi connectivity index (χ1n) is 10.1. The van der Waals surface area contributed by atoms with Crippen LogP contribution in [0, 0.1) is 6.92 Å². The van der Waals surface area contributed by atoms with E-state index in [1.807, 2.05) is 61.5 Å². The number of hydrogen-bond donors (Lipinski definition) is 0. The van der Waals surface area contributed by atoms with Crippen LogP contribution in [0.3, 0.4) is 0 Å². The molecule has 0 bridgehead atoms. The lowest BCUT2D eigenvalue weighted by molar-refractivity contribution is 0.0917. The van der Waals surface area contributed by atoms with Crippen LogP contribution in [0.1, 0.15) is 28.8 Å². The van der Waals surface area contributed by atoms with Gasteiger partial charge in [-0.3, -0.25) is 9.69 Å². The summed E-state index contributed by atoms with van der Waals surface area (Å²) in [6.45, 7) is 3.21. The van der Waals surface area contributed by atoms with Crippen molar-refractivity contribution in [1.29, 1.82) is 0 Å². The number of aryl methyl sites for hydroxylation is 1. The average Bonchev–Trinajstić information content (AvgIpc) is 3.44. The van der Waals surface area contributed by atoms with Gasteiger partial charge in [-0.2, -0.15) is 0 Å². The van der Waals surface area contributed by atoms with Gasteiger partial charge < -0.3 is 4.74 Å². The van der Waals surface area contributed by atoms with Gasteiger partial charge in [0.2, 0.25) is 0 Å². The quantitative estimate of drug-likeness (QED) is 0.380. The minimum atomic E-state index is -0.0564. The van der Waals surface area contributed by atoms with Crippen LogP contribution in [0.25, 0.3) is 21.0 Å². The maximum Gasteiger partial charge on any atom is 0.260 e. The molecule has 0 spiro atoms. The van der Waals surface area contributed by atoms with E-state index < -0.39 is 0 Å². The van der Waals surface area contributed by atoms with Crippen LogP contribution in [0.4, 0.5) is 5.13 Å². The van der Waals surface area contributed by atoms with Crippen molar-refractivity contribution in [2.75, 3.05) is 18.1 Å². The molecule has 1 saturated heterocycles. The topological polar surface area (TPSA) is 42.4 Å². The summed E-state index contributed by atoms with van der Waals surface area (Å²) < 4.78 is 6.86. The Kier molecular flexibility index (Phi) is 5.19. The Morgan fingerprint density at radius 2 is 2.03 bits per heavy atom. The number of amides is 1. The first-order valence-corrected chi connectivity index (χ1v) is 11.3. The molecule has 30 heavy (non-hydrogen) atoms. The van der Waals surface area contributed by atoms with Gasteiger partial charge in [0.15, 0.2) is 5.13 Å². The highest BCUT2D eigenvalue weighted by Crippen LogP contribution is 2.35. The number of benzene rings is 3. The van der Waals surface area contributed by atoms with E-state index in [0.717, 1.165) is 46.0 Å². The Balaban J connectivity index is 1.57. The molecule has 1 unspecified atom stereocenters. The van der Waals surface area contributed by atoms with Gasteiger partial charge in [0.25, 0.3) is 5.91 Å². The van der Waals surface area contributed by atoms with Crippen LogP contribution in [0.2, 0.25) is 5.02 Å². The molecule has 3 aromatic carbocycles. The lowest BCUT2D eigenvalue weighted by Gasteiger charge is -2.23. The van der Waals surface area contributed by atoms with E-state index in [9.17, 15) is 4.79 Å². The van der Waals surface area contributed by atoms with Crippen molar-refractivity contribution in [2.24, 2.45) is 0 Å². The molecule has 4 aromatic rings. The minimum absolute atomic E-state index is 0.0334. The molecule has 6 heteroatoms. The van der Waals surface area contributed by atoms with Crippen LogP contribution in [0.15, 0.2) is 54.6 Å². The van der Waals surface area contributed by atoms with Crippen molar-refractivity contribution in [1.82, 2.24) is 4.98 Å². The fourth-order valence-electron chi connectivity index (χ4n) is 3.92. The molecule has 152 valence electrons. The fourth-order valence-corrected chi connectivity index (χ4v) is 5.11. The molecule has 5 rings (SSSR count). The highest BCUT2D eigenvalue weighted by molar-refractivity contribution is 7.22. The number of ether oxygens (including phenoxy) is 1. The van der Waals surface area contributed by atoms with Crippen LogP contribution in [-0.2, 0) is 4.74 Å². The Morgan fingerprint density at radius 1 is 1.20 bits per heavy atom. The van der Waals surface area contributed by atoms with E-state index >= 15 is 0 Å². The Labute approximate surface area is 184 Å². The van der Waals surface area contributed by atoms with Gasteiger partial charge in [-0.1, -0.05) is 53.3 Å². The molecule has 1 fully saturated rings. The van der Waals surface area contributed by atoms with E-state index in [2.05, 4.69) is 0 Å². The second kappa shape index (κ2) is 7.99. The molecule has 4 nitrogen and oxygen atoms in total. The Morgan fingerprint density at radius 3 is 2.83 bits per heavy atom. The van der Waals surface area contributed by atoms with Gasteiger partial charge in [-0.05, 0) is 60.4 Å². The molecule has 0 N–H and O–H groups in total. The van der Waals surface area contributed by atoms with Crippen LogP contribution in [-0.4, -0.2) is 30.1 Å². The second-order valence-electron chi connectivity index (χ2n) is 7.63. The molecule has 1 amide bonds. The first kappa shape index (κ1) is 19.5. The predicted octanol–water partition coefficient (Wildman–Crippen LogP) is 6.24. The first-order chi connectivity index (χ1) is 14.6. The largest absolute Gasteiger partial charge is 0.376 e. The van der Waals surface area contributed by atoms with Crippen LogP contribution >= 0.6 is 22.9 Å². The third-order valence-corrected chi connectivity index (χ3v) is 7.07. The van der Waals surface area contributed by atoms with E-state index in [1.165, 1.54) is 11.3 Å². The monoisotopic (exact) mass is 436 g/mol. The van der Waals surface area contributed by atoms with Gasteiger partial charge in [0.05, 0.1) is 22.9 Å². The van der Waals surface area contributed by atoms with Gasteiger partial charge in [0.1, 0.15) is 0 Å². The summed E-state index contributed by atoms with van der Waals surface area (Å²) in [4.78, 5) is 20.2. The van der Waals surface area contributed by atoms with Crippen molar-refractivity contribution in [2.45, 2.75) is 25.9 Å². The average molecular weight is 437 g/mol. The molecule has 0 radical (unpaired) electrons. The third kappa shape index (κ3) is 3.58. The van der Waals surface area contributed by atoms with Crippen molar-refractivity contribution >= 4 is 55.0 Å². The molecular weight excluding hydrogens is 416 g/mol. The van der Waals surface area contributed by atoms with E-state index in [0.29, 0.717) is 22.3 Å². The molecular formula is C24H21ClN2O2S. The van der Waals surface area contributed by atoms with E-state index in [-0.39, 0.29) is 12.0 Å². The van der Waals surface area contributed by atoms with Crippen LogP contribution in [0.5, 0.6) is 0 Å². The van der Waals surface area contributed by atoms with E-state index in [1.54, 1.807) is 4.90 Å². The zero-order valence-corrected chi connectivity index (χ0v) is 18.2. The molecule has 1 atom stereocenters. The fraction of sp³-hybridized carbons (Fsp3) is 0.250. The number of nitrogens with zero attached hydrogens (tertiary/aromatic N) is 2. The number of hydrogen-bond acceptors (Lipinski definition) is 4. The van der Waals surface area contributed by atoms with Crippen molar-refractivity contribution in [3.05, 3.63) is 70.7 Å². The highest BCUT2D eigenvalue weighted by Gasteiger charge is 2.27. The maximum absolute atomic E-state index is 13.6. The number of carbonyl (C=O) groups is 1. The highest BCUT2D eigenvalue weighted by atomic mass is 35.5. The van der Waals surface area contributed by atoms with Gasteiger partial charge in [-0.25, -0.2) is 4.98 Å². The van der Waals surface area contributed by atoms with Crippen molar-refractivity contribution < 1.29 is 9.53 Å². The number of rotatable bonds is 4. The summed E-state index contributed by atoms with van der Waals surface area (Å²) in [5.41, 5.74) is 2.44. The number of halogens is 1. The van der Waals surface area contributed by atoms with E-state index in [4.69, 9.17) is 21.3 Å². The molecule has 1 aromatic heterocycles. The van der Waals surface area contributed by atoms with Gasteiger partial charge in [-0.15, -0.1) is 0 Å². The standard InChI is InChI=1S/C24H21ClN2O2S/c1-15-20(25)10-11-21-22(15)26-24(30-21)27(14-19-7-4-12-29-19)23(28)18-9-8-16-5-2-3-6-17(16)13-18/h2-3,5-6,8-11,13,19H,4,7,12,14H2,1H3. The smallest absolute Gasteiger partial charge is 0.260 e. The number of aromatic nitrogens is 1. The van der Waals surface area contributed by atoms with Crippen LogP contribution < -0.4 is 4.90 Å². The molecule has 1 aliphatic heterocycles. The number of anilines is 1. The number of carbonyl (C=O) groups excluding carboxylic acids is 1. The van der Waals surface area contributed by atoms with Crippen molar-refractivity contribution in [3.63, 3.8) is 0 Å². The summed E-state index contributed by atoms with van der Waals surface area (Å²) in [5, 5.41) is 3.53. The SMILES string of the molecule is Cc1c(Cl)ccc2sc(N(CC3CCCO3)C(=O)c3ccc4ccccc4c3)nc12. The van der Waals surface area contributed by atoms with Gasteiger partial charge >= 0.3 is 0 Å². The lowest BCUT2D eigenvalue weighted by atomic mass is 10.1. The minimum Gasteiger partial charge on any atom is -0.376 e. The molecule has 2 heterocycles. The van der Waals surface area contributed by atoms with Crippen molar-refractivity contribution in [3.8, 4) is 0 Å². The number of thiazole rings is 1. The third-order valence-electron chi connectivity index (χ3n) is 5.62. The zero-order valence-electron chi connectivity index (χ0n) is 16.6. The summed E-state index contributed by atoms with van der Waals surface area (Å²) in [6, 6.07) is 17.8. The second-order valence-corrected chi connectivity index (χ2v) is 9.04. The summed E-state index contributed by atoms with van der Waals surface area (Å²) in [7, 11) is 0. The summed E-state index contributed by atoms with van der Waals surface area (Å²) in [5.74, 6) is -0.0564. The summed E-state index contributed by atoms with van der Waals surface area (Å²) >= 11 is 7.81.